The number of hydrogen-bond acceptors (Lipinski definition) is 5. The van der Waals surface area contributed by atoms with Gasteiger partial charge in [-0.05, 0) is 34.5 Å². The second-order valence-electron chi connectivity index (χ2n) is 6.01. The predicted octanol–water partition coefficient (Wildman–Crippen LogP) is 4.61. The topological polar surface area (TPSA) is 41.9 Å². The van der Waals surface area contributed by atoms with E-state index in [0.717, 1.165) is 11.1 Å². The third kappa shape index (κ3) is 4.02. The van der Waals surface area contributed by atoms with Crippen LogP contribution in [-0.2, 0) is 11.4 Å². The monoisotopic (exact) mass is 392 g/mol. The zero-order valence-electron chi connectivity index (χ0n) is 14.4. The molecule has 6 heteroatoms. The van der Waals surface area contributed by atoms with Gasteiger partial charge in [0.15, 0.2) is 4.32 Å². The van der Waals surface area contributed by atoms with E-state index in [-0.39, 0.29) is 5.91 Å². The van der Waals surface area contributed by atoms with Crippen LogP contribution in [0.15, 0.2) is 71.8 Å². The Morgan fingerprint density at radius 2 is 1.85 bits per heavy atom. The summed E-state index contributed by atoms with van der Waals surface area (Å²) in [4.78, 5) is 11.8. The molecular weight excluding hydrogens is 376 g/mol. The van der Waals surface area contributed by atoms with Gasteiger partial charge in [0.25, 0.3) is 5.91 Å². The molecule has 0 atom stereocenters. The number of para-hydroxylation sites is 1. The lowest BCUT2D eigenvalue weighted by atomic mass is 10.1. The Bertz CT molecular complexity index is 1030. The van der Waals surface area contributed by atoms with Crippen molar-refractivity contribution in [1.82, 2.24) is 5.01 Å². The van der Waals surface area contributed by atoms with Crippen molar-refractivity contribution >= 4 is 51.2 Å². The standard InChI is InChI=1S/C21H16N2O2S2/c24-20-14-27-21(26)23(20)22-12-18-7-3-4-8-19(18)25-13-15-9-10-16-5-1-2-6-17(16)11-15/h1-12H,13-14H2/b22-12-. The molecule has 0 bridgehead atoms. The number of hydrazone groups is 1. The highest BCUT2D eigenvalue weighted by molar-refractivity contribution is 8.23. The molecule has 3 aromatic carbocycles. The van der Waals surface area contributed by atoms with Crippen LogP contribution in [-0.4, -0.2) is 27.2 Å². The number of carbonyl (C=O) groups is 1. The van der Waals surface area contributed by atoms with Crippen LogP contribution in [0, 0.1) is 0 Å². The van der Waals surface area contributed by atoms with Gasteiger partial charge in [0.05, 0.1) is 12.0 Å². The van der Waals surface area contributed by atoms with Gasteiger partial charge in [-0.15, -0.1) is 0 Å². The summed E-state index contributed by atoms with van der Waals surface area (Å²) in [5.41, 5.74) is 1.89. The fourth-order valence-corrected chi connectivity index (χ4v) is 3.75. The highest BCUT2D eigenvalue weighted by Gasteiger charge is 2.26. The zero-order chi connectivity index (χ0) is 18.6. The van der Waals surface area contributed by atoms with E-state index in [4.69, 9.17) is 17.0 Å². The second-order valence-corrected chi connectivity index (χ2v) is 7.62. The van der Waals surface area contributed by atoms with Crippen molar-refractivity contribution < 1.29 is 9.53 Å². The normalized spacial score (nSPS) is 14.4. The van der Waals surface area contributed by atoms with E-state index in [0.29, 0.717) is 22.4 Å². The number of hydrogen-bond donors (Lipinski definition) is 0. The van der Waals surface area contributed by atoms with Crippen molar-refractivity contribution in [1.29, 1.82) is 0 Å². The molecule has 0 N–H and O–H groups in total. The van der Waals surface area contributed by atoms with Gasteiger partial charge in [-0.3, -0.25) is 4.79 Å². The van der Waals surface area contributed by atoms with E-state index < -0.39 is 0 Å². The number of thiocarbonyl (C=S) groups is 1. The number of fused-ring (bicyclic) bond motifs is 1. The number of rotatable bonds is 5. The minimum absolute atomic E-state index is 0.101. The van der Waals surface area contributed by atoms with Crippen LogP contribution in [0.2, 0.25) is 0 Å². The summed E-state index contributed by atoms with van der Waals surface area (Å²) in [6, 6.07) is 22.1. The van der Waals surface area contributed by atoms with Gasteiger partial charge >= 0.3 is 0 Å². The van der Waals surface area contributed by atoms with Crippen LogP contribution in [0.4, 0.5) is 0 Å². The van der Waals surface area contributed by atoms with Crippen molar-refractivity contribution in [2.45, 2.75) is 6.61 Å². The maximum atomic E-state index is 11.8. The third-order valence-electron chi connectivity index (χ3n) is 4.17. The summed E-state index contributed by atoms with van der Waals surface area (Å²) >= 11 is 6.47. The Labute approximate surface area is 166 Å². The van der Waals surface area contributed by atoms with Gasteiger partial charge in [-0.25, -0.2) is 0 Å². The van der Waals surface area contributed by atoms with Crippen molar-refractivity contribution in [3.8, 4) is 5.75 Å². The van der Waals surface area contributed by atoms with E-state index in [1.54, 1.807) is 6.21 Å². The number of amides is 1. The SMILES string of the molecule is O=C1CSC(=S)N1/N=C\c1ccccc1OCc1ccc2ccccc2c1. The average molecular weight is 393 g/mol. The van der Waals surface area contributed by atoms with Gasteiger partial charge in [0, 0.05) is 5.56 Å². The van der Waals surface area contributed by atoms with Crippen LogP contribution in [0.1, 0.15) is 11.1 Å². The number of benzene rings is 3. The fourth-order valence-electron chi connectivity index (χ4n) is 2.79. The molecule has 134 valence electrons. The van der Waals surface area contributed by atoms with E-state index in [1.165, 1.54) is 27.5 Å². The van der Waals surface area contributed by atoms with E-state index in [1.807, 2.05) is 36.4 Å². The molecule has 4 rings (SSSR count). The maximum absolute atomic E-state index is 11.8. The van der Waals surface area contributed by atoms with Crippen LogP contribution < -0.4 is 4.74 Å². The molecule has 1 fully saturated rings. The van der Waals surface area contributed by atoms with Crippen LogP contribution in [0.3, 0.4) is 0 Å². The number of carbonyl (C=O) groups excluding carboxylic acids is 1. The van der Waals surface area contributed by atoms with Crippen molar-refractivity contribution in [2.75, 3.05) is 5.75 Å². The molecule has 1 aliphatic heterocycles. The molecule has 0 saturated carbocycles. The van der Waals surface area contributed by atoms with Crippen molar-refractivity contribution in [3.05, 3.63) is 77.9 Å². The number of thioether (sulfide) groups is 1. The molecule has 0 aliphatic carbocycles. The second kappa shape index (κ2) is 7.90. The average Bonchev–Trinajstić information content (AvgIpc) is 3.03. The van der Waals surface area contributed by atoms with Crippen molar-refractivity contribution in [2.24, 2.45) is 5.10 Å². The number of ether oxygens (including phenoxy) is 1. The summed E-state index contributed by atoms with van der Waals surface area (Å²) in [5, 5.41) is 7.89. The summed E-state index contributed by atoms with van der Waals surface area (Å²) < 4.78 is 6.49. The third-order valence-corrected chi connectivity index (χ3v) is 5.51. The summed E-state index contributed by atoms with van der Waals surface area (Å²) in [7, 11) is 0. The summed E-state index contributed by atoms with van der Waals surface area (Å²) in [5.74, 6) is 0.950. The minimum Gasteiger partial charge on any atom is -0.488 e. The van der Waals surface area contributed by atoms with Gasteiger partial charge in [0.1, 0.15) is 12.4 Å². The molecule has 0 unspecified atom stereocenters. The first-order valence-corrected chi connectivity index (χ1v) is 9.83. The molecule has 1 heterocycles. The minimum atomic E-state index is -0.101. The Kier molecular flexibility index (Phi) is 5.18. The Morgan fingerprint density at radius 1 is 1.07 bits per heavy atom. The lowest BCUT2D eigenvalue weighted by molar-refractivity contribution is -0.123. The molecular formula is C21H16N2O2S2. The lowest BCUT2D eigenvalue weighted by Crippen LogP contribution is -2.22. The molecule has 4 nitrogen and oxygen atoms in total. The van der Waals surface area contributed by atoms with Crippen molar-refractivity contribution in [3.63, 3.8) is 0 Å². The molecule has 3 aromatic rings. The molecule has 27 heavy (non-hydrogen) atoms. The van der Waals surface area contributed by atoms with Crippen LogP contribution in [0.25, 0.3) is 10.8 Å². The van der Waals surface area contributed by atoms with E-state index in [9.17, 15) is 4.79 Å². The Balaban J connectivity index is 1.50. The molecule has 1 saturated heterocycles. The largest absolute Gasteiger partial charge is 0.488 e. The van der Waals surface area contributed by atoms with E-state index in [2.05, 4.69) is 35.4 Å². The van der Waals surface area contributed by atoms with Gasteiger partial charge in [0.2, 0.25) is 0 Å². The fraction of sp³-hybridized carbons (Fsp3) is 0.0952. The molecule has 1 aliphatic rings. The van der Waals surface area contributed by atoms with Gasteiger partial charge in [-0.2, -0.15) is 10.1 Å². The first kappa shape index (κ1) is 17.7. The van der Waals surface area contributed by atoms with Gasteiger partial charge < -0.3 is 4.74 Å². The summed E-state index contributed by atoms with van der Waals surface area (Å²) in [6.07, 6.45) is 1.62. The van der Waals surface area contributed by atoms with Gasteiger partial charge in [-0.1, -0.05) is 72.5 Å². The molecule has 0 radical (unpaired) electrons. The Hall–Kier alpha value is -2.70. The van der Waals surface area contributed by atoms with E-state index >= 15 is 0 Å². The smallest absolute Gasteiger partial charge is 0.259 e. The summed E-state index contributed by atoms with van der Waals surface area (Å²) in [6.45, 7) is 0.451. The zero-order valence-corrected chi connectivity index (χ0v) is 16.0. The molecule has 1 amide bonds. The highest BCUT2D eigenvalue weighted by atomic mass is 32.2. The highest BCUT2D eigenvalue weighted by Crippen LogP contribution is 2.22. The Morgan fingerprint density at radius 3 is 2.67 bits per heavy atom. The molecule has 0 aromatic heterocycles. The number of nitrogens with zero attached hydrogens (tertiary/aromatic N) is 2. The first-order chi connectivity index (χ1) is 13.2. The quantitative estimate of drug-likeness (QED) is 0.470. The van der Waals surface area contributed by atoms with Crippen LogP contribution in [0.5, 0.6) is 5.75 Å². The first-order valence-electron chi connectivity index (χ1n) is 8.44. The van der Waals surface area contributed by atoms with Crippen LogP contribution >= 0.6 is 24.0 Å². The lowest BCUT2D eigenvalue weighted by Gasteiger charge is -2.11. The predicted molar refractivity (Wildman–Crippen MR) is 114 cm³/mol. The maximum Gasteiger partial charge on any atom is 0.259 e. The molecule has 0 spiro atoms.